The maximum atomic E-state index is 12.5. The first-order valence-electron chi connectivity index (χ1n) is 8.77. The fraction of sp³-hybridized carbons (Fsp3) is 0.190. The normalized spacial score (nSPS) is 17.4. The van der Waals surface area contributed by atoms with E-state index >= 15 is 0 Å². The third kappa shape index (κ3) is 3.66. The van der Waals surface area contributed by atoms with Crippen LogP contribution in [0.15, 0.2) is 63.4 Å². The smallest absolute Gasteiger partial charge is 0.255 e. The molecule has 0 spiro atoms. The number of hydrogen-bond acceptors (Lipinski definition) is 6. The number of thioether (sulfide) groups is 1. The topological polar surface area (TPSA) is 72.3 Å². The van der Waals surface area contributed by atoms with Crippen LogP contribution in [0.25, 0.3) is 0 Å². The van der Waals surface area contributed by atoms with Crippen LogP contribution in [-0.4, -0.2) is 44.0 Å². The van der Waals surface area contributed by atoms with Gasteiger partial charge in [-0.1, -0.05) is 23.9 Å². The summed E-state index contributed by atoms with van der Waals surface area (Å²) in [5.74, 6) is 0.885. The third-order valence-electron chi connectivity index (χ3n) is 4.47. The molecule has 2 aromatic carbocycles. The second kappa shape index (κ2) is 7.90. The van der Waals surface area contributed by atoms with Gasteiger partial charge in [0.1, 0.15) is 11.1 Å². The fourth-order valence-electron chi connectivity index (χ4n) is 2.98. The van der Waals surface area contributed by atoms with Crippen LogP contribution in [0.5, 0.6) is 11.5 Å². The van der Waals surface area contributed by atoms with Gasteiger partial charge in [-0.25, -0.2) is 0 Å². The Balaban J connectivity index is 1.46. The largest absolute Gasteiger partial charge is 0.493 e. The zero-order valence-electron chi connectivity index (χ0n) is 15.5. The van der Waals surface area contributed by atoms with Gasteiger partial charge in [0.2, 0.25) is 0 Å². The Morgan fingerprint density at radius 2 is 1.89 bits per heavy atom. The van der Waals surface area contributed by atoms with Crippen molar-refractivity contribution >= 4 is 34.6 Å². The van der Waals surface area contributed by atoms with Crippen LogP contribution in [-0.2, 0) is 0 Å². The lowest BCUT2D eigenvalue weighted by atomic mass is 10.1. The summed E-state index contributed by atoms with van der Waals surface area (Å²) in [7, 11) is 3.10. The van der Waals surface area contributed by atoms with E-state index in [0.29, 0.717) is 29.3 Å². The van der Waals surface area contributed by atoms with Crippen molar-refractivity contribution in [3.8, 4) is 11.5 Å². The van der Waals surface area contributed by atoms with Crippen LogP contribution in [0.1, 0.15) is 15.9 Å². The lowest BCUT2D eigenvalue weighted by Gasteiger charge is -2.10. The Kier molecular flexibility index (Phi) is 5.16. The SMILES string of the molecule is COc1ccc(C(=O)Nc2ccc(C3=NC4CN=CC=C4S3)cc2)cc1OC. The van der Waals surface area contributed by atoms with Gasteiger partial charge in [-0.05, 0) is 36.4 Å². The number of carbonyl (C=O) groups excluding carboxylic acids is 1. The van der Waals surface area contributed by atoms with E-state index in [1.165, 1.54) is 4.91 Å². The molecular formula is C21H19N3O3S. The number of nitrogens with zero attached hydrogens (tertiary/aromatic N) is 2. The Bertz CT molecular complexity index is 996. The molecule has 2 heterocycles. The van der Waals surface area contributed by atoms with Crippen LogP contribution in [0, 0.1) is 0 Å². The molecule has 0 aliphatic carbocycles. The molecule has 1 N–H and O–H groups in total. The van der Waals surface area contributed by atoms with E-state index in [-0.39, 0.29) is 11.9 Å². The Labute approximate surface area is 167 Å². The summed E-state index contributed by atoms with van der Waals surface area (Å²) >= 11 is 1.68. The maximum Gasteiger partial charge on any atom is 0.255 e. The molecule has 142 valence electrons. The average Bonchev–Trinajstić information content (AvgIpc) is 3.18. The van der Waals surface area contributed by atoms with E-state index in [2.05, 4.69) is 10.3 Å². The number of hydrogen-bond donors (Lipinski definition) is 1. The van der Waals surface area contributed by atoms with Gasteiger partial charge in [0, 0.05) is 27.9 Å². The molecule has 0 saturated carbocycles. The van der Waals surface area contributed by atoms with Crippen molar-refractivity contribution in [2.45, 2.75) is 6.04 Å². The number of dihydropyridines is 1. The molecule has 2 aliphatic heterocycles. The number of carbonyl (C=O) groups is 1. The number of nitrogens with one attached hydrogen (secondary N) is 1. The highest BCUT2D eigenvalue weighted by molar-refractivity contribution is 8.18. The van der Waals surface area contributed by atoms with Gasteiger partial charge in [-0.2, -0.15) is 0 Å². The Morgan fingerprint density at radius 1 is 1.11 bits per heavy atom. The quantitative estimate of drug-likeness (QED) is 0.839. The molecular weight excluding hydrogens is 374 g/mol. The number of ether oxygens (including phenoxy) is 2. The molecule has 0 bridgehead atoms. The minimum Gasteiger partial charge on any atom is -0.493 e. The highest BCUT2D eigenvalue weighted by atomic mass is 32.2. The number of allylic oxidation sites excluding steroid dienone is 1. The van der Waals surface area contributed by atoms with Crippen molar-refractivity contribution in [2.75, 3.05) is 26.1 Å². The summed E-state index contributed by atoms with van der Waals surface area (Å²) in [6, 6.07) is 12.9. The summed E-state index contributed by atoms with van der Waals surface area (Å²) in [6.07, 6.45) is 3.86. The molecule has 0 saturated heterocycles. The summed E-state index contributed by atoms with van der Waals surface area (Å²) in [5.41, 5.74) is 2.24. The fourth-order valence-corrected chi connectivity index (χ4v) is 4.03. The van der Waals surface area contributed by atoms with Gasteiger partial charge in [0.05, 0.1) is 20.8 Å². The summed E-state index contributed by atoms with van der Waals surface area (Å²) < 4.78 is 10.5. The van der Waals surface area contributed by atoms with E-state index in [1.807, 2.05) is 36.6 Å². The number of aliphatic imine (C=N–C) groups is 2. The van der Waals surface area contributed by atoms with E-state index in [4.69, 9.17) is 14.5 Å². The average molecular weight is 393 g/mol. The number of methoxy groups -OCH3 is 2. The molecule has 0 fully saturated rings. The number of fused-ring (bicyclic) bond motifs is 1. The highest BCUT2D eigenvalue weighted by Crippen LogP contribution is 2.35. The van der Waals surface area contributed by atoms with Crippen molar-refractivity contribution in [2.24, 2.45) is 9.98 Å². The van der Waals surface area contributed by atoms with Crippen LogP contribution < -0.4 is 14.8 Å². The van der Waals surface area contributed by atoms with Crippen molar-refractivity contribution in [1.29, 1.82) is 0 Å². The molecule has 0 radical (unpaired) electrons. The molecule has 1 amide bonds. The van der Waals surface area contributed by atoms with Crippen LogP contribution in [0.3, 0.4) is 0 Å². The van der Waals surface area contributed by atoms with Crippen molar-refractivity contribution in [3.05, 3.63) is 64.6 Å². The number of rotatable bonds is 5. The first kappa shape index (κ1) is 18.3. The van der Waals surface area contributed by atoms with Crippen LogP contribution in [0.2, 0.25) is 0 Å². The van der Waals surface area contributed by atoms with Gasteiger partial charge in [-0.15, -0.1) is 0 Å². The molecule has 2 aromatic rings. The minimum atomic E-state index is -0.213. The van der Waals surface area contributed by atoms with Crippen molar-refractivity contribution in [3.63, 3.8) is 0 Å². The van der Waals surface area contributed by atoms with Crippen molar-refractivity contribution in [1.82, 2.24) is 0 Å². The molecule has 6 nitrogen and oxygen atoms in total. The Hall–Kier alpha value is -3.06. The standard InChI is InChI=1S/C21H19N3O3S/c1-26-17-8-5-14(11-18(17)27-2)20(25)23-15-6-3-13(4-7-15)21-24-16-12-22-10-9-19(16)28-21/h3-11,16H,12H2,1-2H3,(H,23,25). The number of anilines is 1. The van der Waals surface area contributed by atoms with Gasteiger partial charge < -0.3 is 14.8 Å². The monoisotopic (exact) mass is 393 g/mol. The van der Waals surface area contributed by atoms with Crippen LogP contribution in [0.4, 0.5) is 5.69 Å². The van der Waals surface area contributed by atoms with Crippen molar-refractivity contribution < 1.29 is 14.3 Å². The lowest BCUT2D eigenvalue weighted by Crippen LogP contribution is -2.12. The third-order valence-corrected chi connectivity index (χ3v) is 5.65. The van der Waals surface area contributed by atoms with E-state index in [0.717, 1.165) is 10.6 Å². The molecule has 28 heavy (non-hydrogen) atoms. The van der Waals surface area contributed by atoms with Gasteiger partial charge in [0.15, 0.2) is 11.5 Å². The van der Waals surface area contributed by atoms with E-state index in [9.17, 15) is 4.79 Å². The molecule has 2 aliphatic rings. The van der Waals surface area contributed by atoms with Crippen LogP contribution >= 0.6 is 11.8 Å². The predicted molar refractivity (Wildman–Crippen MR) is 113 cm³/mol. The summed E-state index contributed by atoms with van der Waals surface area (Å²) in [5, 5.41) is 3.89. The minimum absolute atomic E-state index is 0.148. The van der Waals surface area contributed by atoms with E-state index < -0.39 is 0 Å². The van der Waals surface area contributed by atoms with Gasteiger partial charge in [0.25, 0.3) is 5.91 Å². The maximum absolute atomic E-state index is 12.5. The molecule has 7 heteroatoms. The predicted octanol–water partition coefficient (Wildman–Crippen LogP) is 3.79. The van der Waals surface area contributed by atoms with Gasteiger partial charge in [-0.3, -0.25) is 14.8 Å². The molecule has 0 aromatic heterocycles. The molecule has 1 atom stereocenters. The van der Waals surface area contributed by atoms with E-state index in [1.54, 1.807) is 44.2 Å². The highest BCUT2D eigenvalue weighted by Gasteiger charge is 2.25. The second-order valence-corrected chi connectivity index (χ2v) is 7.30. The van der Waals surface area contributed by atoms with Gasteiger partial charge >= 0.3 is 0 Å². The number of amides is 1. The second-order valence-electron chi connectivity index (χ2n) is 6.24. The zero-order valence-corrected chi connectivity index (χ0v) is 16.3. The molecule has 4 rings (SSSR count). The number of benzene rings is 2. The first-order chi connectivity index (χ1) is 13.7. The summed E-state index contributed by atoms with van der Waals surface area (Å²) in [4.78, 5) is 22.8. The lowest BCUT2D eigenvalue weighted by molar-refractivity contribution is 0.102. The first-order valence-corrected chi connectivity index (χ1v) is 9.59. The Morgan fingerprint density at radius 3 is 2.61 bits per heavy atom. The summed E-state index contributed by atoms with van der Waals surface area (Å²) in [6.45, 7) is 0.710. The zero-order chi connectivity index (χ0) is 19.5. The molecule has 1 unspecified atom stereocenters.